The number of halogens is 3. The lowest BCUT2D eigenvalue weighted by molar-refractivity contribution is -0.113. The molecule has 21 heavy (non-hydrogen) atoms. The smallest absolute Gasteiger partial charge is 0.234 e. The van der Waals surface area contributed by atoms with Gasteiger partial charge in [0.2, 0.25) is 5.91 Å². The van der Waals surface area contributed by atoms with Crippen molar-refractivity contribution >= 4 is 63.8 Å². The van der Waals surface area contributed by atoms with Crippen molar-refractivity contribution in [2.45, 2.75) is 5.03 Å². The molecule has 0 saturated carbocycles. The summed E-state index contributed by atoms with van der Waals surface area (Å²) in [7, 11) is 0. The number of hydrogen-bond donors (Lipinski definition) is 2. The molecule has 1 aromatic heterocycles. The predicted molar refractivity (Wildman–Crippen MR) is 89.5 cm³/mol. The van der Waals surface area contributed by atoms with E-state index in [-0.39, 0.29) is 11.7 Å². The third-order valence-electron chi connectivity index (χ3n) is 2.38. The molecule has 1 aromatic carbocycles. The van der Waals surface area contributed by atoms with Crippen molar-refractivity contribution in [3.05, 3.63) is 45.5 Å². The van der Waals surface area contributed by atoms with Gasteiger partial charge in [0.1, 0.15) is 0 Å². The number of nitrogens with zero attached hydrogens (tertiary/aromatic N) is 1. The average Bonchev–Trinajstić information content (AvgIpc) is 2.42. The minimum absolute atomic E-state index is 0.172. The highest BCUT2D eigenvalue weighted by Gasteiger charge is 2.11. The number of hydrogen-bond acceptors (Lipinski definition) is 4. The number of carbonyl (C=O) groups is 1. The molecule has 0 atom stereocenters. The third-order valence-corrected chi connectivity index (χ3v) is 4.14. The second-order valence-corrected chi connectivity index (χ2v) is 6.26. The zero-order valence-electron chi connectivity index (χ0n) is 10.6. The van der Waals surface area contributed by atoms with E-state index in [0.29, 0.717) is 31.5 Å². The van der Waals surface area contributed by atoms with Gasteiger partial charge in [0, 0.05) is 11.9 Å². The Balaban J connectivity index is 1.97. The van der Waals surface area contributed by atoms with Gasteiger partial charge in [-0.25, -0.2) is 4.98 Å². The Labute approximate surface area is 141 Å². The lowest BCUT2D eigenvalue weighted by atomic mass is 10.3. The predicted octanol–water partition coefficient (Wildman–Crippen LogP) is 4.35. The molecule has 0 unspecified atom stereocenters. The summed E-state index contributed by atoms with van der Waals surface area (Å²) in [4.78, 5) is 16.0. The van der Waals surface area contributed by atoms with Gasteiger partial charge in [-0.15, -0.1) is 0 Å². The highest BCUT2D eigenvalue weighted by molar-refractivity contribution is 7.99. The first-order valence-corrected chi connectivity index (χ1v) is 7.86. The number of benzene rings is 1. The van der Waals surface area contributed by atoms with Gasteiger partial charge < -0.3 is 11.1 Å². The van der Waals surface area contributed by atoms with Crippen LogP contribution in [0.15, 0.2) is 35.5 Å². The van der Waals surface area contributed by atoms with Gasteiger partial charge in [-0.05, 0) is 24.3 Å². The maximum Gasteiger partial charge on any atom is 0.234 e. The fourth-order valence-corrected chi connectivity index (χ4v) is 2.83. The molecule has 2 rings (SSSR count). The number of nitrogens with one attached hydrogen (secondary N) is 1. The van der Waals surface area contributed by atoms with E-state index in [1.807, 2.05) is 0 Å². The lowest BCUT2D eigenvalue weighted by Gasteiger charge is -2.10. The second-order valence-electron chi connectivity index (χ2n) is 4.01. The first-order valence-electron chi connectivity index (χ1n) is 5.74. The fraction of sp³-hybridized carbons (Fsp3) is 0.0769. The normalized spacial score (nSPS) is 10.4. The highest BCUT2D eigenvalue weighted by Crippen LogP contribution is 2.33. The van der Waals surface area contributed by atoms with Crippen LogP contribution in [0.4, 0.5) is 11.4 Å². The number of nitrogen functional groups attached to an aromatic ring is 1. The molecular weight excluding hydrogens is 353 g/mol. The fourth-order valence-electron chi connectivity index (χ4n) is 1.47. The quantitative estimate of drug-likeness (QED) is 0.626. The molecule has 0 fully saturated rings. The molecule has 4 nitrogen and oxygen atoms in total. The van der Waals surface area contributed by atoms with Crippen LogP contribution in [0.2, 0.25) is 15.1 Å². The number of pyridine rings is 1. The summed E-state index contributed by atoms with van der Waals surface area (Å²) in [6.45, 7) is 0. The number of amides is 1. The highest BCUT2D eigenvalue weighted by atomic mass is 35.5. The Hall–Kier alpha value is -1.14. The van der Waals surface area contributed by atoms with Crippen LogP contribution in [-0.4, -0.2) is 16.6 Å². The van der Waals surface area contributed by atoms with E-state index >= 15 is 0 Å². The maximum absolute atomic E-state index is 11.9. The van der Waals surface area contributed by atoms with E-state index in [2.05, 4.69) is 10.3 Å². The summed E-state index contributed by atoms with van der Waals surface area (Å²) in [5.41, 5.74) is 6.38. The van der Waals surface area contributed by atoms with Crippen LogP contribution in [0.3, 0.4) is 0 Å². The number of anilines is 2. The minimum Gasteiger partial charge on any atom is -0.399 e. The number of carbonyl (C=O) groups excluding carboxylic acids is 1. The summed E-state index contributed by atoms with van der Waals surface area (Å²) < 4.78 is 0. The Morgan fingerprint density at radius 2 is 1.90 bits per heavy atom. The molecule has 1 heterocycles. The largest absolute Gasteiger partial charge is 0.399 e. The summed E-state index contributed by atoms with van der Waals surface area (Å²) in [6, 6.07) is 6.50. The maximum atomic E-state index is 11.9. The van der Waals surface area contributed by atoms with Gasteiger partial charge in [-0.1, -0.05) is 46.6 Å². The Morgan fingerprint density at radius 3 is 2.48 bits per heavy atom. The molecule has 0 saturated heterocycles. The topological polar surface area (TPSA) is 68.0 Å². The van der Waals surface area contributed by atoms with Crippen LogP contribution in [0.25, 0.3) is 0 Å². The third kappa shape index (κ3) is 4.68. The Morgan fingerprint density at radius 1 is 1.24 bits per heavy atom. The van der Waals surface area contributed by atoms with Crippen LogP contribution in [-0.2, 0) is 4.79 Å². The van der Waals surface area contributed by atoms with Crippen LogP contribution in [0, 0.1) is 0 Å². The molecule has 3 N–H and O–H groups in total. The molecule has 2 aromatic rings. The molecular formula is C13H10Cl3N3OS. The molecule has 110 valence electrons. The van der Waals surface area contributed by atoms with Crippen molar-refractivity contribution in [1.29, 1.82) is 0 Å². The van der Waals surface area contributed by atoms with E-state index in [1.54, 1.807) is 12.1 Å². The van der Waals surface area contributed by atoms with Gasteiger partial charge in [-0.2, -0.15) is 0 Å². The number of nitrogens with two attached hydrogens (primary N) is 1. The minimum atomic E-state index is -0.245. The standard InChI is InChI=1S/C13H10Cl3N3OS/c14-7-1-2-12(18-5-7)21-6-11(20)19-13-9(15)3-8(17)4-10(13)16/h1-5H,6,17H2,(H,19,20). The second kappa shape index (κ2) is 7.22. The van der Waals surface area contributed by atoms with E-state index < -0.39 is 0 Å². The monoisotopic (exact) mass is 361 g/mol. The van der Waals surface area contributed by atoms with Crippen molar-refractivity contribution in [3.63, 3.8) is 0 Å². The lowest BCUT2D eigenvalue weighted by Crippen LogP contribution is -2.15. The van der Waals surface area contributed by atoms with E-state index in [4.69, 9.17) is 40.5 Å². The van der Waals surface area contributed by atoms with Crippen molar-refractivity contribution < 1.29 is 4.79 Å². The van der Waals surface area contributed by atoms with Crippen LogP contribution < -0.4 is 11.1 Å². The summed E-state index contributed by atoms with van der Waals surface area (Å²) >= 11 is 19.0. The van der Waals surface area contributed by atoms with Gasteiger partial charge in [0.15, 0.2) is 0 Å². The summed E-state index contributed by atoms with van der Waals surface area (Å²) in [5, 5.41) is 4.49. The zero-order chi connectivity index (χ0) is 15.4. The number of aromatic nitrogens is 1. The average molecular weight is 363 g/mol. The Bertz CT molecular complexity index is 641. The molecule has 0 spiro atoms. The van der Waals surface area contributed by atoms with Crippen LogP contribution in [0.5, 0.6) is 0 Å². The van der Waals surface area contributed by atoms with Gasteiger partial charge in [0.05, 0.1) is 31.5 Å². The van der Waals surface area contributed by atoms with Crippen molar-refractivity contribution in [2.24, 2.45) is 0 Å². The number of thioether (sulfide) groups is 1. The molecule has 0 aliphatic carbocycles. The molecule has 0 bridgehead atoms. The molecule has 0 aliphatic rings. The van der Waals surface area contributed by atoms with Gasteiger partial charge in [-0.3, -0.25) is 4.79 Å². The molecule has 8 heteroatoms. The first-order chi connectivity index (χ1) is 9.95. The van der Waals surface area contributed by atoms with Crippen LogP contribution in [0.1, 0.15) is 0 Å². The van der Waals surface area contributed by atoms with Gasteiger partial charge >= 0.3 is 0 Å². The SMILES string of the molecule is Nc1cc(Cl)c(NC(=O)CSc2ccc(Cl)cn2)c(Cl)c1. The van der Waals surface area contributed by atoms with Gasteiger partial charge in [0.25, 0.3) is 0 Å². The van der Waals surface area contributed by atoms with E-state index in [9.17, 15) is 4.79 Å². The first kappa shape index (κ1) is 16.2. The molecule has 0 radical (unpaired) electrons. The van der Waals surface area contributed by atoms with E-state index in [0.717, 1.165) is 0 Å². The van der Waals surface area contributed by atoms with Crippen molar-refractivity contribution in [1.82, 2.24) is 4.98 Å². The van der Waals surface area contributed by atoms with Crippen LogP contribution >= 0.6 is 46.6 Å². The van der Waals surface area contributed by atoms with Crippen molar-refractivity contribution in [3.8, 4) is 0 Å². The van der Waals surface area contributed by atoms with Crippen molar-refractivity contribution in [2.75, 3.05) is 16.8 Å². The summed E-state index contributed by atoms with van der Waals surface area (Å²) in [6.07, 6.45) is 1.52. The van der Waals surface area contributed by atoms with E-state index in [1.165, 1.54) is 30.1 Å². The zero-order valence-corrected chi connectivity index (χ0v) is 13.7. The Kier molecular flexibility index (Phi) is 5.58. The number of rotatable bonds is 4. The summed E-state index contributed by atoms with van der Waals surface area (Å²) in [5.74, 6) is -0.0728. The molecule has 1 amide bonds. The molecule has 0 aliphatic heterocycles.